The Bertz CT molecular complexity index is 1190. The largest absolute Gasteiger partial charge is 0.380 e. The smallest absolute Gasteiger partial charge is 0.254 e. The van der Waals surface area contributed by atoms with Crippen molar-refractivity contribution in [3.63, 3.8) is 0 Å². The maximum absolute atomic E-state index is 13.3. The molecule has 2 aliphatic carbocycles. The first kappa shape index (κ1) is 24.0. The molecule has 4 unspecified atom stereocenters. The predicted octanol–water partition coefficient (Wildman–Crippen LogP) is 3.61. The van der Waals surface area contributed by atoms with Gasteiger partial charge in [0.05, 0.1) is 0 Å². The van der Waals surface area contributed by atoms with Gasteiger partial charge in [-0.15, -0.1) is 0 Å². The van der Waals surface area contributed by atoms with Crippen molar-refractivity contribution in [3.8, 4) is 0 Å². The Kier molecular flexibility index (Phi) is 6.24. The molecule has 35 heavy (non-hydrogen) atoms. The Morgan fingerprint density at radius 1 is 1.09 bits per heavy atom. The summed E-state index contributed by atoms with van der Waals surface area (Å²) >= 11 is 0. The van der Waals surface area contributed by atoms with E-state index < -0.39 is 5.60 Å². The number of amides is 2. The van der Waals surface area contributed by atoms with Gasteiger partial charge in [0, 0.05) is 41.7 Å². The van der Waals surface area contributed by atoms with Crippen LogP contribution in [0.15, 0.2) is 35.1 Å². The van der Waals surface area contributed by atoms with Crippen molar-refractivity contribution in [1.82, 2.24) is 15.2 Å². The van der Waals surface area contributed by atoms with E-state index in [0.29, 0.717) is 48.8 Å². The molecule has 1 aromatic carbocycles. The van der Waals surface area contributed by atoms with Crippen LogP contribution >= 0.6 is 0 Å². The number of carbonyl (C=O) groups is 2. The minimum atomic E-state index is -1.22. The molecule has 7 heteroatoms. The van der Waals surface area contributed by atoms with Gasteiger partial charge >= 0.3 is 0 Å². The summed E-state index contributed by atoms with van der Waals surface area (Å²) in [7, 11) is 0. The molecule has 0 spiro atoms. The van der Waals surface area contributed by atoms with Gasteiger partial charge in [-0.2, -0.15) is 0 Å². The number of nitrogens with one attached hydrogen (secondary N) is 2. The van der Waals surface area contributed by atoms with Crippen LogP contribution in [0.4, 0.5) is 0 Å². The molecule has 2 amide bonds. The number of benzene rings is 1. The number of hydrogen-bond acceptors (Lipinski definition) is 4. The number of fused-ring (bicyclic) bond motifs is 2. The summed E-state index contributed by atoms with van der Waals surface area (Å²) in [5, 5.41) is 15.2. The molecule has 4 atom stereocenters. The first-order valence-corrected chi connectivity index (χ1v) is 13.1. The molecule has 2 aromatic rings. The van der Waals surface area contributed by atoms with Gasteiger partial charge in [-0.05, 0) is 86.8 Å². The van der Waals surface area contributed by atoms with Crippen LogP contribution in [0.25, 0.3) is 10.9 Å². The number of likely N-dealkylation sites (tertiary alicyclic amines) is 1. The Hall–Kier alpha value is -2.67. The van der Waals surface area contributed by atoms with Crippen molar-refractivity contribution in [2.75, 3.05) is 13.1 Å². The highest BCUT2D eigenvalue weighted by molar-refractivity contribution is 6.06. The summed E-state index contributed by atoms with van der Waals surface area (Å²) in [4.78, 5) is 42.7. The Morgan fingerprint density at radius 2 is 1.91 bits per heavy atom. The lowest BCUT2D eigenvalue weighted by atomic mass is 9.68. The Labute approximate surface area is 206 Å². The lowest BCUT2D eigenvalue weighted by Gasteiger charge is -2.47. The third-order valence-electron chi connectivity index (χ3n) is 8.61. The number of pyridine rings is 1. The second-order valence-corrected chi connectivity index (χ2v) is 11.9. The normalized spacial score (nSPS) is 30.5. The SMILES string of the molecule is CC1(C)CCCC(O)(C(=O)N2CCC3CC(NC(=O)c4cccc5[nH]c(=O)ccc45)CCC3C2)C1. The van der Waals surface area contributed by atoms with Crippen LogP contribution in [0, 0.1) is 17.3 Å². The number of nitrogens with zero attached hydrogens (tertiary/aromatic N) is 1. The lowest BCUT2D eigenvalue weighted by molar-refractivity contribution is -0.162. The Morgan fingerprint density at radius 3 is 2.71 bits per heavy atom. The van der Waals surface area contributed by atoms with Gasteiger partial charge in [0.1, 0.15) is 5.60 Å². The standard InChI is InChI=1S/C28H37N3O4/c1-27(2)12-4-13-28(35,17-27)26(34)31-14-11-18-15-20(8-7-19(18)16-31)29-25(33)22-5-3-6-23-21(22)9-10-24(32)30-23/h3,5-6,9-10,18-20,35H,4,7-8,11-17H2,1-2H3,(H,29,33)(H,30,32). The first-order valence-electron chi connectivity index (χ1n) is 13.1. The van der Waals surface area contributed by atoms with E-state index in [9.17, 15) is 19.5 Å². The molecule has 3 N–H and O–H groups in total. The van der Waals surface area contributed by atoms with Crippen LogP contribution in [0.2, 0.25) is 0 Å². The van der Waals surface area contributed by atoms with E-state index in [4.69, 9.17) is 0 Å². The van der Waals surface area contributed by atoms with Gasteiger partial charge in [0.25, 0.3) is 11.8 Å². The number of aromatic amines is 1. The molecule has 1 aromatic heterocycles. The highest BCUT2D eigenvalue weighted by Crippen LogP contribution is 2.43. The topological polar surface area (TPSA) is 102 Å². The molecule has 1 aliphatic heterocycles. The molecule has 0 radical (unpaired) electrons. The number of rotatable bonds is 3. The summed E-state index contributed by atoms with van der Waals surface area (Å²) in [5.41, 5.74) is -0.171. The minimum absolute atomic E-state index is 0.00334. The average molecular weight is 480 g/mol. The number of aliphatic hydroxyl groups is 1. The fraction of sp³-hybridized carbons (Fsp3) is 0.607. The van der Waals surface area contributed by atoms with Crippen LogP contribution in [-0.2, 0) is 4.79 Å². The Balaban J connectivity index is 1.20. The highest BCUT2D eigenvalue weighted by Gasteiger charge is 2.47. The second kappa shape index (κ2) is 9.08. The summed E-state index contributed by atoms with van der Waals surface area (Å²) < 4.78 is 0. The van der Waals surface area contributed by atoms with Crippen molar-refractivity contribution in [2.24, 2.45) is 17.3 Å². The number of hydrogen-bond donors (Lipinski definition) is 3. The molecule has 1 saturated heterocycles. The highest BCUT2D eigenvalue weighted by atomic mass is 16.3. The maximum Gasteiger partial charge on any atom is 0.254 e. The number of H-pyrrole nitrogens is 1. The van der Waals surface area contributed by atoms with E-state index in [1.807, 2.05) is 4.90 Å². The summed E-state index contributed by atoms with van der Waals surface area (Å²) in [6, 6.07) is 8.64. The van der Waals surface area contributed by atoms with E-state index in [-0.39, 0.29) is 28.8 Å². The number of carbonyl (C=O) groups excluding carboxylic acids is 2. The van der Waals surface area contributed by atoms with Crippen LogP contribution < -0.4 is 10.9 Å². The average Bonchev–Trinajstić information content (AvgIpc) is 2.81. The quantitative estimate of drug-likeness (QED) is 0.626. The van der Waals surface area contributed by atoms with Crippen LogP contribution in [0.5, 0.6) is 0 Å². The van der Waals surface area contributed by atoms with E-state index in [1.165, 1.54) is 6.07 Å². The van der Waals surface area contributed by atoms with Crippen molar-refractivity contribution >= 4 is 22.7 Å². The van der Waals surface area contributed by atoms with Crippen LogP contribution in [0.1, 0.15) is 75.6 Å². The van der Waals surface area contributed by atoms with E-state index >= 15 is 0 Å². The van der Waals surface area contributed by atoms with Crippen molar-refractivity contribution in [2.45, 2.75) is 76.9 Å². The zero-order chi connectivity index (χ0) is 24.8. The zero-order valence-electron chi connectivity index (χ0n) is 20.8. The zero-order valence-corrected chi connectivity index (χ0v) is 20.8. The van der Waals surface area contributed by atoms with E-state index in [2.05, 4.69) is 24.1 Å². The molecule has 7 nitrogen and oxygen atoms in total. The summed E-state index contributed by atoms with van der Waals surface area (Å²) in [5.74, 6) is 0.706. The maximum atomic E-state index is 13.3. The summed E-state index contributed by atoms with van der Waals surface area (Å²) in [6.07, 6.45) is 6.73. The molecule has 3 aliphatic rings. The van der Waals surface area contributed by atoms with Gasteiger partial charge in [-0.1, -0.05) is 19.9 Å². The van der Waals surface area contributed by atoms with Gasteiger partial charge in [-0.25, -0.2) is 0 Å². The molecule has 2 heterocycles. The van der Waals surface area contributed by atoms with Crippen LogP contribution in [-0.4, -0.2) is 51.5 Å². The van der Waals surface area contributed by atoms with Crippen molar-refractivity contribution < 1.29 is 14.7 Å². The third kappa shape index (κ3) is 4.88. The van der Waals surface area contributed by atoms with Gasteiger partial charge in [0.2, 0.25) is 5.56 Å². The molecular formula is C28H37N3O4. The molecule has 0 bridgehead atoms. The molecule has 5 rings (SSSR count). The molecule has 3 fully saturated rings. The fourth-order valence-corrected chi connectivity index (χ4v) is 6.89. The van der Waals surface area contributed by atoms with Crippen LogP contribution in [0.3, 0.4) is 0 Å². The third-order valence-corrected chi connectivity index (χ3v) is 8.61. The molecule has 188 valence electrons. The minimum Gasteiger partial charge on any atom is -0.380 e. The van der Waals surface area contributed by atoms with E-state index in [1.54, 1.807) is 24.3 Å². The van der Waals surface area contributed by atoms with Gasteiger partial charge in [-0.3, -0.25) is 14.4 Å². The van der Waals surface area contributed by atoms with Gasteiger partial charge < -0.3 is 20.3 Å². The molecule has 2 saturated carbocycles. The summed E-state index contributed by atoms with van der Waals surface area (Å²) in [6.45, 7) is 5.68. The van der Waals surface area contributed by atoms with Gasteiger partial charge in [0.15, 0.2) is 0 Å². The number of aromatic nitrogens is 1. The monoisotopic (exact) mass is 479 g/mol. The predicted molar refractivity (Wildman–Crippen MR) is 135 cm³/mol. The van der Waals surface area contributed by atoms with Crippen molar-refractivity contribution in [1.29, 1.82) is 0 Å². The number of piperidine rings is 1. The van der Waals surface area contributed by atoms with E-state index in [0.717, 1.165) is 43.9 Å². The second-order valence-electron chi connectivity index (χ2n) is 11.9. The lowest BCUT2D eigenvalue weighted by Crippen LogP contribution is -2.57. The van der Waals surface area contributed by atoms with Crippen molar-refractivity contribution in [3.05, 3.63) is 46.2 Å². The fourth-order valence-electron chi connectivity index (χ4n) is 6.89. The molecular weight excluding hydrogens is 442 g/mol. The first-order chi connectivity index (χ1) is 16.6.